The number of benzene rings is 2. The first-order chi connectivity index (χ1) is 15.3. The van der Waals surface area contributed by atoms with E-state index >= 15 is 0 Å². The summed E-state index contributed by atoms with van der Waals surface area (Å²) in [6.45, 7) is 4.13. The second-order valence-electron chi connectivity index (χ2n) is 8.51. The van der Waals surface area contributed by atoms with Gasteiger partial charge in [0.2, 0.25) is 0 Å². The Balaban J connectivity index is 1.39. The zero-order chi connectivity index (χ0) is 22.8. The average molecular weight is 439 g/mol. The minimum Gasteiger partial charge on any atom is -0.399 e. The number of aryl methyl sites for hydroxylation is 1. The molecule has 3 aromatic rings. The number of halogens is 1. The number of aromatic nitrogens is 2. The highest BCUT2D eigenvalue weighted by Gasteiger charge is 2.28. The Bertz CT molecular complexity index is 1240. The van der Waals surface area contributed by atoms with E-state index in [9.17, 15) is 18.8 Å². The van der Waals surface area contributed by atoms with Crippen LogP contribution in [0.4, 0.5) is 10.1 Å². The maximum absolute atomic E-state index is 13.1. The van der Waals surface area contributed by atoms with Crippen molar-refractivity contribution in [2.75, 3.05) is 18.8 Å². The van der Waals surface area contributed by atoms with Gasteiger partial charge >= 0.3 is 5.69 Å². The largest absolute Gasteiger partial charge is 0.399 e. The van der Waals surface area contributed by atoms with Gasteiger partial charge < -0.3 is 10.6 Å². The number of nitrogens with zero attached hydrogens (tertiary/aromatic N) is 2. The summed E-state index contributed by atoms with van der Waals surface area (Å²) in [6, 6.07) is 10.9. The van der Waals surface area contributed by atoms with Crippen LogP contribution in [0.5, 0.6) is 0 Å². The number of piperidine rings is 1. The number of likely N-dealkylation sites (tertiary alicyclic amines) is 1. The van der Waals surface area contributed by atoms with Gasteiger partial charge in [-0.2, -0.15) is 0 Å². The molecule has 1 unspecified atom stereocenters. The number of hydrogen-bond acceptors (Lipinski definition) is 5. The first-order valence-corrected chi connectivity index (χ1v) is 10.9. The number of hydrogen-bond donors (Lipinski definition) is 2. The maximum Gasteiger partial charge on any atom is 0.328 e. The standard InChI is InChI=1S/C24H27FN4O3/c1-15(8-13-29-21-14-19(26)6-7-20(21)23(31)27-24(29)32)28-11-9-17(10-12-28)22(30)16-2-4-18(25)5-3-16/h2-7,14-15,17H,8-13,26H2,1H3,(H,27,31,32). The van der Waals surface area contributed by atoms with Gasteiger partial charge in [-0.3, -0.25) is 19.1 Å². The number of Topliss-reactive ketones (excluding diaryl/α,β-unsaturated/α-hetero) is 1. The number of nitrogen functional groups attached to an aromatic ring is 1. The number of carbonyl (C=O) groups is 1. The van der Waals surface area contributed by atoms with Crippen LogP contribution in [-0.2, 0) is 6.54 Å². The molecule has 32 heavy (non-hydrogen) atoms. The monoisotopic (exact) mass is 438 g/mol. The van der Waals surface area contributed by atoms with E-state index in [1.807, 2.05) is 0 Å². The molecule has 0 amide bonds. The molecule has 1 aromatic heterocycles. The molecule has 0 aliphatic carbocycles. The lowest BCUT2D eigenvalue weighted by atomic mass is 9.88. The predicted octanol–water partition coefficient (Wildman–Crippen LogP) is 2.78. The van der Waals surface area contributed by atoms with Crippen molar-refractivity contribution < 1.29 is 9.18 Å². The molecule has 8 heteroatoms. The summed E-state index contributed by atoms with van der Waals surface area (Å²) in [5.74, 6) is -0.332. The molecule has 1 saturated heterocycles. The molecule has 0 radical (unpaired) electrons. The van der Waals surface area contributed by atoms with Crippen LogP contribution in [0, 0.1) is 11.7 Å². The smallest absolute Gasteiger partial charge is 0.328 e. The first kappa shape index (κ1) is 22.0. The van der Waals surface area contributed by atoms with Gasteiger partial charge in [0.25, 0.3) is 5.56 Å². The van der Waals surface area contributed by atoms with Gasteiger partial charge in [-0.15, -0.1) is 0 Å². The van der Waals surface area contributed by atoms with Crippen LogP contribution in [0.3, 0.4) is 0 Å². The highest BCUT2D eigenvalue weighted by molar-refractivity contribution is 5.97. The zero-order valence-electron chi connectivity index (χ0n) is 18.0. The van der Waals surface area contributed by atoms with E-state index in [0.29, 0.717) is 35.1 Å². The molecule has 168 valence electrons. The van der Waals surface area contributed by atoms with Gasteiger partial charge in [0, 0.05) is 29.8 Å². The fourth-order valence-electron chi connectivity index (χ4n) is 4.48. The van der Waals surface area contributed by atoms with Crippen molar-refractivity contribution in [2.45, 2.75) is 38.8 Å². The van der Waals surface area contributed by atoms with Crippen LogP contribution < -0.4 is 17.0 Å². The Morgan fingerprint density at radius 1 is 1.16 bits per heavy atom. The third kappa shape index (κ3) is 4.50. The van der Waals surface area contributed by atoms with Gasteiger partial charge in [0.05, 0.1) is 10.9 Å². The second-order valence-corrected chi connectivity index (χ2v) is 8.51. The van der Waals surface area contributed by atoms with Crippen LogP contribution in [0.2, 0.25) is 0 Å². The SMILES string of the molecule is CC(CCn1c(=O)[nH]c(=O)c2ccc(N)cc21)N1CCC(C(=O)c2ccc(F)cc2)CC1. The number of rotatable bonds is 6. The normalized spacial score (nSPS) is 16.3. The zero-order valence-corrected chi connectivity index (χ0v) is 18.0. The molecule has 0 bridgehead atoms. The summed E-state index contributed by atoms with van der Waals surface area (Å²) in [7, 11) is 0. The van der Waals surface area contributed by atoms with E-state index in [1.165, 1.54) is 12.1 Å². The molecule has 2 aromatic carbocycles. The third-order valence-corrected chi connectivity index (χ3v) is 6.45. The van der Waals surface area contributed by atoms with Gasteiger partial charge in [-0.05, 0) is 81.7 Å². The Hall–Kier alpha value is -3.26. The Morgan fingerprint density at radius 3 is 2.53 bits per heavy atom. The molecule has 7 nitrogen and oxygen atoms in total. The van der Waals surface area contributed by atoms with Crippen molar-refractivity contribution >= 4 is 22.4 Å². The summed E-state index contributed by atoms with van der Waals surface area (Å²) >= 11 is 0. The Morgan fingerprint density at radius 2 is 1.84 bits per heavy atom. The number of aromatic amines is 1. The van der Waals surface area contributed by atoms with Crippen molar-refractivity contribution in [2.24, 2.45) is 5.92 Å². The first-order valence-electron chi connectivity index (χ1n) is 10.9. The van der Waals surface area contributed by atoms with Gasteiger partial charge in [-0.1, -0.05) is 0 Å². The van der Waals surface area contributed by atoms with Crippen LogP contribution in [-0.4, -0.2) is 39.4 Å². The second kappa shape index (κ2) is 9.08. The van der Waals surface area contributed by atoms with Crippen molar-refractivity contribution in [1.82, 2.24) is 14.5 Å². The maximum atomic E-state index is 13.1. The quantitative estimate of drug-likeness (QED) is 0.455. The fraction of sp³-hybridized carbons (Fsp3) is 0.375. The Kier molecular flexibility index (Phi) is 6.23. The molecule has 3 N–H and O–H groups in total. The molecule has 2 heterocycles. The van der Waals surface area contributed by atoms with Gasteiger partial charge in [0.1, 0.15) is 5.82 Å². The van der Waals surface area contributed by atoms with E-state index < -0.39 is 11.2 Å². The van der Waals surface area contributed by atoms with Crippen molar-refractivity contribution in [3.05, 3.63) is 74.7 Å². The van der Waals surface area contributed by atoms with Gasteiger partial charge in [-0.25, -0.2) is 9.18 Å². The fourth-order valence-corrected chi connectivity index (χ4v) is 4.48. The van der Waals surface area contributed by atoms with Crippen LogP contribution in [0.25, 0.3) is 10.9 Å². The summed E-state index contributed by atoms with van der Waals surface area (Å²) in [4.78, 5) is 41.9. The molecular formula is C24H27FN4O3. The summed E-state index contributed by atoms with van der Waals surface area (Å²) in [5, 5.41) is 0.437. The molecule has 1 atom stereocenters. The highest BCUT2D eigenvalue weighted by Crippen LogP contribution is 2.24. The number of ketones is 1. The lowest BCUT2D eigenvalue weighted by Crippen LogP contribution is -2.42. The lowest BCUT2D eigenvalue weighted by Gasteiger charge is -2.35. The Labute approximate surface area is 184 Å². The van der Waals surface area contributed by atoms with E-state index in [2.05, 4.69) is 16.8 Å². The molecular weight excluding hydrogens is 411 g/mol. The lowest BCUT2D eigenvalue weighted by molar-refractivity contribution is 0.0792. The van der Waals surface area contributed by atoms with Crippen LogP contribution in [0.1, 0.15) is 36.5 Å². The number of nitrogens with one attached hydrogen (secondary N) is 1. The van der Waals surface area contributed by atoms with E-state index in [0.717, 1.165) is 25.9 Å². The van der Waals surface area contributed by atoms with Crippen LogP contribution >= 0.6 is 0 Å². The van der Waals surface area contributed by atoms with E-state index in [4.69, 9.17) is 5.73 Å². The minimum absolute atomic E-state index is 0.0577. The van der Waals surface area contributed by atoms with E-state index in [-0.39, 0.29) is 23.6 Å². The van der Waals surface area contributed by atoms with Crippen LogP contribution in [0.15, 0.2) is 52.1 Å². The van der Waals surface area contributed by atoms with E-state index in [1.54, 1.807) is 34.9 Å². The number of anilines is 1. The number of H-pyrrole nitrogens is 1. The highest BCUT2D eigenvalue weighted by atomic mass is 19.1. The van der Waals surface area contributed by atoms with Gasteiger partial charge in [0.15, 0.2) is 5.78 Å². The molecule has 1 fully saturated rings. The van der Waals surface area contributed by atoms with Crippen molar-refractivity contribution in [3.8, 4) is 0 Å². The molecule has 4 rings (SSSR count). The number of carbonyl (C=O) groups excluding carboxylic acids is 1. The van der Waals surface area contributed by atoms with Crippen molar-refractivity contribution in [1.29, 1.82) is 0 Å². The molecule has 1 aliphatic rings. The third-order valence-electron chi connectivity index (χ3n) is 6.45. The minimum atomic E-state index is -0.441. The predicted molar refractivity (Wildman–Crippen MR) is 122 cm³/mol. The number of nitrogens with two attached hydrogens (primary N) is 1. The summed E-state index contributed by atoms with van der Waals surface area (Å²) in [6.07, 6.45) is 2.21. The van der Waals surface area contributed by atoms with Crippen molar-refractivity contribution in [3.63, 3.8) is 0 Å². The summed E-state index contributed by atoms with van der Waals surface area (Å²) < 4.78 is 14.7. The topological polar surface area (TPSA) is 101 Å². The molecule has 0 saturated carbocycles. The summed E-state index contributed by atoms with van der Waals surface area (Å²) in [5.41, 5.74) is 6.61. The molecule has 0 spiro atoms. The average Bonchev–Trinajstić information content (AvgIpc) is 2.78. The number of fused-ring (bicyclic) bond motifs is 1. The molecule has 1 aliphatic heterocycles.